The molecule has 0 amide bonds. The van der Waals surface area contributed by atoms with Gasteiger partial charge >= 0.3 is 0 Å². The van der Waals surface area contributed by atoms with Crippen molar-refractivity contribution in [2.24, 2.45) is 7.05 Å². The molecule has 1 N–H and O–H groups in total. The molecule has 0 atom stereocenters. The largest absolute Gasteiger partial charge is 0.353 e. The number of nitrogens with one attached hydrogen (secondary N) is 1. The number of likely N-dealkylation sites (N-methyl/N-ethyl adjacent to an activating group) is 1. The highest BCUT2D eigenvalue weighted by Gasteiger charge is 2.24. The molecule has 0 aromatic carbocycles. The molecule has 6 heteroatoms. The molecule has 0 spiro atoms. The second-order valence-corrected chi connectivity index (χ2v) is 4.13. The number of fused-ring (bicyclic) bond motifs is 1. The molecule has 0 unspecified atom stereocenters. The molecule has 6 nitrogen and oxygen atoms in total. The van der Waals surface area contributed by atoms with Crippen molar-refractivity contribution in [3.8, 4) is 0 Å². The van der Waals surface area contributed by atoms with Crippen LogP contribution in [0.1, 0.15) is 0 Å². The first kappa shape index (κ1) is 9.53. The lowest BCUT2D eigenvalue weighted by Crippen LogP contribution is -2.56. The third kappa shape index (κ3) is 1.26. The van der Waals surface area contributed by atoms with Gasteiger partial charge in [-0.2, -0.15) is 5.10 Å². The van der Waals surface area contributed by atoms with Crippen LogP contribution >= 0.6 is 0 Å². The van der Waals surface area contributed by atoms with Crippen molar-refractivity contribution in [3.05, 3.63) is 12.5 Å². The van der Waals surface area contributed by atoms with Crippen molar-refractivity contribution < 1.29 is 0 Å². The molecule has 3 rings (SSSR count). The van der Waals surface area contributed by atoms with E-state index in [1.807, 2.05) is 13.2 Å². The Morgan fingerprint density at radius 2 is 2.25 bits per heavy atom. The van der Waals surface area contributed by atoms with Crippen LogP contribution in [0.2, 0.25) is 0 Å². The molecule has 1 aliphatic rings. The van der Waals surface area contributed by atoms with Crippen LogP contribution < -0.4 is 10.2 Å². The van der Waals surface area contributed by atoms with E-state index >= 15 is 0 Å². The van der Waals surface area contributed by atoms with Gasteiger partial charge in [0.2, 0.25) is 0 Å². The van der Waals surface area contributed by atoms with Gasteiger partial charge in [0, 0.05) is 27.2 Å². The Hall–Kier alpha value is -1.69. The van der Waals surface area contributed by atoms with Gasteiger partial charge in [0.15, 0.2) is 5.65 Å². The van der Waals surface area contributed by atoms with Crippen LogP contribution in [0.5, 0.6) is 0 Å². The zero-order chi connectivity index (χ0) is 11.1. The second kappa shape index (κ2) is 3.41. The van der Waals surface area contributed by atoms with Crippen molar-refractivity contribution in [2.75, 3.05) is 25.0 Å². The zero-order valence-electron chi connectivity index (χ0n) is 9.38. The van der Waals surface area contributed by atoms with Gasteiger partial charge in [-0.25, -0.2) is 9.97 Å². The van der Waals surface area contributed by atoms with Gasteiger partial charge in [-0.1, -0.05) is 0 Å². The van der Waals surface area contributed by atoms with E-state index < -0.39 is 0 Å². The summed E-state index contributed by atoms with van der Waals surface area (Å²) < 4.78 is 1.77. The van der Waals surface area contributed by atoms with Gasteiger partial charge < -0.3 is 10.2 Å². The lowest BCUT2D eigenvalue weighted by Gasteiger charge is -2.36. The molecule has 16 heavy (non-hydrogen) atoms. The van der Waals surface area contributed by atoms with E-state index in [-0.39, 0.29) is 0 Å². The molecular weight excluding hydrogens is 204 g/mol. The molecule has 3 heterocycles. The van der Waals surface area contributed by atoms with Crippen molar-refractivity contribution in [2.45, 2.75) is 6.04 Å². The van der Waals surface area contributed by atoms with E-state index in [1.165, 1.54) is 0 Å². The van der Waals surface area contributed by atoms with Crippen LogP contribution in [0, 0.1) is 0 Å². The number of rotatable bonds is 2. The molecule has 2 aromatic heterocycles. The predicted molar refractivity (Wildman–Crippen MR) is 61.4 cm³/mol. The van der Waals surface area contributed by atoms with Crippen molar-refractivity contribution in [1.29, 1.82) is 0 Å². The molecular formula is C10H14N6. The highest BCUT2D eigenvalue weighted by Crippen LogP contribution is 2.23. The maximum absolute atomic E-state index is 4.36. The Morgan fingerprint density at radius 1 is 1.44 bits per heavy atom. The van der Waals surface area contributed by atoms with Crippen LogP contribution in [-0.4, -0.2) is 45.9 Å². The third-order valence-electron chi connectivity index (χ3n) is 3.15. The lowest BCUT2D eigenvalue weighted by atomic mass is 10.1. The highest BCUT2D eigenvalue weighted by molar-refractivity contribution is 5.86. The van der Waals surface area contributed by atoms with E-state index in [9.17, 15) is 0 Å². The summed E-state index contributed by atoms with van der Waals surface area (Å²) in [6, 6.07) is 0.526. The number of aromatic nitrogens is 4. The second-order valence-electron chi connectivity index (χ2n) is 4.13. The van der Waals surface area contributed by atoms with Crippen molar-refractivity contribution in [3.63, 3.8) is 0 Å². The summed E-state index contributed by atoms with van der Waals surface area (Å²) in [4.78, 5) is 10.8. The van der Waals surface area contributed by atoms with Gasteiger partial charge in [0.1, 0.15) is 12.1 Å². The van der Waals surface area contributed by atoms with Crippen LogP contribution in [0.25, 0.3) is 11.0 Å². The molecule has 1 fully saturated rings. The molecule has 1 aliphatic heterocycles. The fourth-order valence-corrected chi connectivity index (χ4v) is 1.95. The minimum absolute atomic E-state index is 0.526. The van der Waals surface area contributed by atoms with Crippen LogP contribution in [-0.2, 0) is 7.05 Å². The average Bonchev–Trinajstić information content (AvgIpc) is 2.58. The summed E-state index contributed by atoms with van der Waals surface area (Å²) in [5.41, 5.74) is 0.879. The molecule has 84 valence electrons. The average molecular weight is 218 g/mol. The van der Waals surface area contributed by atoms with Crippen molar-refractivity contribution in [1.82, 2.24) is 25.1 Å². The number of nitrogens with zero attached hydrogens (tertiary/aromatic N) is 5. The smallest absolute Gasteiger partial charge is 0.163 e. The van der Waals surface area contributed by atoms with Gasteiger partial charge in [0.25, 0.3) is 0 Å². The first-order valence-corrected chi connectivity index (χ1v) is 5.33. The molecule has 2 aromatic rings. The van der Waals surface area contributed by atoms with Crippen LogP contribution in [0.4, 0.5) is 5.82 Å². The Morgan fingerprint density at radius 3 is 2.94 bits per heavy atom. The minimum atomic E-state index is 0.526. The molecule has 0 radical (unpaired) electrons. The SMILES string of the molecule is CN(c1ncnc2c1cnn2C)C1CNC1. The van der Waals surface area contributed by atoms with E-state index in [4.69, 9.17) is 0 Å². The number of hydrogen-bond donors (Lipinski definition) is 1. The summed E-state index contributed by atoms with van der Waals surface area (Å²) >= 11 is 0. The molecule has 0 aliphatic carbocycles. The summed E-state index contributed by atoms with van der Waals surface area (Å²) in [6.07, 6.45) is 3.43. The van der Waals surface area contributed by atoms with E-state index in [1.54, 1.807) is 11.0 Å². The van der Waals surface area contributed by atoms with E-state index in [0.29, 0.717) is 6.04 Å². The molecule has 0 saturated carbocycles. The Bertz CT molecular complexity index is 515. The van der Waals surface area contributed by atoms with Gasteiger partial charge in [-0.05, 0) is 0 Å². The predicted octanol–water partition coefficient (Wildman–Crippen LogP) is -0.229. The van der Waals surface area contributed by atoms with Crippen LogP contribution in [0.3, 0.4) is 0 Å². The Labute approximate surface area is 93.3 Å². The standard InChI is InChI=1S/C10H14N6/c1-15(7-3-11-4-7)9-8-5-14-16(2)10(8)13-6-12-9/h5-7,11H,3-4H2,1-2H3. The monoisotopic (exact) mass is 218 g/mol. The van der Waals surface area contributed by atoms with Crippen molar-refractivity contribution >= 4 is 16.9 Å². The van der Waals surface area contributed by atoms with E-state index in [2.05, 4.69) is 32.3 Å². The number of hydrogen-bond acceptors (Lipinski definition) is 5. The quantitative estimate of drug-likeness (QED) is 0.754. The maximum Gasteiger partial charge on any atom is 0.163 e. The Balaban J connectivity index is 2.08. The first-order chi connectivity index (χ1) is 7.77. The summed E-state index contributed by atoms with van der Waals surface area (Å²) in [5.74, 6) is 0.963. The van der Waals surface area contributed by atoms with Gasteiger partial charge in [-0.15, -0.1) is 0 Å². The lowest BCUT2D eigenvalue weighted by molar-refractivity contribution is 0.427. The maximum atomic E-state index is 4.36. The first-order valence-electron chi connectivity index (χ1n) is 5.33. The van der Waals surface area contributed by atoms with E-state index in [0.717, 1.165) is 29.9 Å². The third-order valence-corrected chi connectivity index (χ3v) is 3.15. The molecule has 0 bridgehead atoms. The summed E-state index contributed by atoms with van der Waals surface area (Å²) in [6.45, 7) is 2.03. The topological polar surface area (TPSA) is 58.9 Å². The van der Waals surface area contributed by atoms with Gasteiger partial charge in [-0.3, -0.25) is 4.68 Å². The zero-order valence-corrected chi connectivity index (χ0v) is 9.38. The van der Waals surface area contributed by atoms with Gasteiger partial charge in [0.05, 0.1) is 17.6 Å². The minimum Gasteiger partial charge on any atom is -0.353 e. The fraction of sp³-hybridized carbons (Fsp3) is 0.500. The summed E-state index contributed by atoms with van der Waals surface area (Å²) in [5, 5.41) is 8.49. The molecule has 1 saturated heterocycles. The van der Waals surface area contributed by atoms with Crippen LogP contribution in [0.15, 0.2) is 12.5 Å². The Kier molecular flexibility index (Phi) is 2.03. The summed E-state index contributed by atoms with van der Waals surface area (Å²) in [7, 11) is 3.96. The number of aryl methyl sites for hydroxylation is 1. The fourth-order valence-electron chi connectivity index (χ4n) is 1.95. The number of anilines is 1. The normalized spacial score (nSPS) is 16.4. The highest BCUT2D eigenvalue weighted by atomic mass is 15.3.